The van der Waals surface area contributed by atoms with Crippen molar-refractivity contribution in [3.8, 4) is 11.5 Å². The normalized spacial score (nSPS) is 15.1. The molecule has 5 heteroatoms. The Kier molecular flexibility index (Phi) is 2.95. The molecule has 1 aliphatic heterocycles. The summed E-state index contributed by atoms with van der Waals surface area (Å²) < 4.78 is 10.4. The summed E-state index contributed by atoms with van der Waals surface area (Å²) in [5.74, 6) is 1.27. The van der Waals surface area contributed by atoms with E-state index in [0.29, 0.717) is 17.1 Å². The highest BCUT2D eigenvalue weighted by Crippen LogP contribution is 2.36. The molecule has 0 fully saturated rings. The van der Waals surface area contributed by atoms with Crippen molar-refractivity contribution in [1.82, 2.24) is 4.98 Å². The predicted molar refractivity (Wildman–Crippen MR) is 76.8 cm³/mol. The number of methoxy groups -OCH3 is 2. The lowest BCUT2D eigenvalue weighted by atomic mass is 10.1. The highest BCUT2D eigenvalue weighted by atomic mass is 16.5. The van der Waals surface area contributed by atoms with Crippen molar-refractivity contribution >= 4 is 23.2 Å². The van der Waals surface area contributed by atoms with Crippen LogP contribution in [0.3, 0.4) is 0 Å². The van der Waals surface area contributed by atoms with Gasteiger partial charge in [-0.2, -0.15) is 0 Å². The third-order valence-electron chi connectivity index (χ3n) is 3.26. The van der Waals surface area contributed by atoms with E-state index < -0.39 is 0 Å². The summed E-state index contributed by atoms with van der Waals surface area (Å²) in [5.41, 5.74) is 2.95. The average Bonchev–Trinajstić information content (AvgIpc) is 3.03. The molecule has 1 aromatic carbocycles. The molecule has 2 N–H and O–H groups in total. The molecule has 0 unspecified atom stereocenters. The first kappa shape index (κ1) is 12.3. The van der Waals surface area contributed by atoms with Gasteiger partial charge in [-0.15, -0.1) is 0 Å². The number of H-pyrrole nitrogens is 1. The van der Waals surface area contributed by atoms with Crippen molar-refractivity contribution in [2.45, 2.75) is 0 Å². The van der Waals surface area contributed by atoms with Gasteiger partial charge in [0.25, 0.3) is 5.91 Å². The van der Waals surface area contributed by atoms with Crippen molar-refractivity contribution in [1.29, 1.82) is 0 Å². The molecule has 102 valence electrons. The third-order valence-corrected chi connectivity index (χ3v) is 3.26. The zero-order valence-electron chi connectivity index (χ0n) is 11.2. The van der Waals surface area contributed by atoms with Crippen molar-refractivity contribution in [2.75, 3.05) is 19.5 Å². The second-order valence-electron chi connectivity index (χ2n) is 4.38. The van der Waals surface area contributed by atoms with Gasteiger partial charge in [0.05, 0.1) is 25.5 Å². The molecule has 0 atom stereocenters. The SMILES string of the molecule is COc1ccc2c(c1)C(=Cc1[nH]ccc1OC)C(=O)N2. The van der Waals surface area contributed by atoms with E-state index in [1.165, 1.54) is 0 Å². The van der Waals surface area contributed by atoms with Crippen molar-refractivity contribution in [3.63, 3.8) is 0 Å². The second-order valence-corrected chi connectivity index (χ2v) is 4.38. The van der Waals surface area contributed by atoms with E-state index in [1.807, 2.05) is 24.3 Å². The minimum Gasteiger partial charge on any atom is -0.497 e. The number of ether oxygens (including phenoxy) is 2. The Labute approximate surface area is 116 Å². The van der Waals surface area contributed by atoms with E-state index in [-0.39, 0.29) is 5.91 Å². The molecule has 0 saturated carbocycles. The Balaban J connectivity index is 2.09. The number of nitrogens with one attached hydrogen (secondary N) is 2. The Hall–Kier alpha value is -2.69. The molecule has 2 heterocycles. The minimum atomic E-state index is -0.134. The van der Waals surface area contributed by atoms with Crippen LogP contribution in [0, 0.1) is 0 Å². The zero-order valence-corrected chi connectivity index (χ0v) is 11.2. The first-order valence-corrected chi connectivity index (χ1v) is 6.15. The highest BCUT2D eigenvalue weighted by Gasteiger charge is 2.25. The lowest BCUT2D eigenvalue weighted by Gasteiger charge is -2.03. The second kappa shape index (κ2) is 4.77. The number of hydrogen-bond donors (Lipinski definition) is 2. The average molecular weight is 270 g/mol. The van der Waals surface area contributed by atoms with E-state index in [2.05, 4.69) is 10.3 Å². The summed E-state index contributed by atoms with van der Waals surface area (Å²) in [5, 5.41) is 2.83. The molecule has 1 aliphatic rings. The Morgan fingerprint density at radius 2 is 2.00 bits per heavy atom. The number of carbonyl (C=O) groups excluding carboxylic acids is 1. The summed E-state index contributed by atoms with van der Waals surface area (Å²) in [7, 11) is 3.19. The maximum Gasteiger partial charge on any atom is 0.256 e. The van der Waals surface area contributed by atoms with E-state index in [1.54, 1.807) is 26.5 Å². The topological polar surface area (TPSA) is 63.4 Å². The van der Waals surface area contributed by atoms with Crippen LogP contribution in [0.25, 0.3) is 11.6 Å². The smallest absolute Gasteiger partial charge is 0.256 e. The summed E-state index contributed by atoms with van der Waals surface area (Å²) in [6.45, 7) is 0. The first-order chi connectivity index (χ1) is 9.72. The van der Waals surface area contributed by atoms with Crippen LogP contribution in [-0.4, -0.2) is 25.1 Å². The van der Waals surface area contributed by atoms with Gasteiger partial charge in [0.1, 0.15) is 11.5 Å². The van der Waals surface area contributed by atoms with Crippen LogP contribution in [0.5, 0.6) is 11.5 Å². The molecule has 0 saturated heterocycles. The molecule has 0 bridgehead atoms. The fraction of sp³-hybridized carbons (Fsp3) is 0.133. The molecule has 0 spiro atoms. The molecule has 2 aromatic rings. The molecule has 1 amide bonds. The number of carbonyl (C=O) groups is 1. The lowest BCUT2D eigenvalue weighted by Crippen LogP contribution is -2.03. The van der Waals surface area contributed by atoms with Crippen LogP contribution in [0.4, 0.5) is 5.69 Å². The van der Waals surface area contributed by atoms with Crippen LogP contribution in [-0.2, 0) is 4.79 Å². The Morgan fingerprint density at radius 1 is 1.15 bits per heavy atom. The van der Waals surface area contributed by atoms with Gasteiger partial charge < -0.3 is 19.8 Å². The minimum absolute atomic E-state index is 0.134. The molecule has 0 aliphatic carbocycles. The maximum absolute atomic E-state index is 12.1. The number of hydrogen-bond acceptors (Lipinski definition) is 3. The van der Waals surface area contributed by atoms with Gasteiger partial charge in [-0.3, -0.25) is 4.79 Å². The molecule has 3 rings (SSSR count). The van der Waals surface area contributed by atoms with Gasteiger partial charge in [0.15, 0.2) is 0 Å². The van der Waals surface area contributed by atoms with Crippen LogP contribution in [0.2, 0.25) is 0 Å². The van der Waals surface area contributed by atoms with Crippen molar-refractivity contribution in [3.05, 3.63) is 41.7 Å². The van der Waals surface area contributed by atoms with Crippen LogP contribution < -0.4 is 14.8 Å². The fourth-order valence-corrected chi connectivity index (χ4v) is 2.24. The summed E-state index contributed by atoms with van der Waals surface area (Å²) >= 11 is 0. The number of anilines is 1. The van der Waals surface area contributed by atoms with Gasteiger partial charge in [0.2, 0.25) is 0 Å². The molecular formula is C15H14N2O3. The molecular weight excluding hydrogens is 256 g/mol. The van der Waals surface area contributed by atoms with E-state index in [9.17, 15) is 4.79 Å². The monoisotopic (exact) mass is 270 g/mol. The molecule has 20 heavy (non-hydrogen) atoms. The molecule has 5 nitrogen and oxygen atoms in total. The Bertz CT molecular complexity index is 701. The van der Waals surface area contributed by atoms with Gasteiger partial charge in [-0.05, 0) is 30.3 Å². The number of fused-ring (bicyclic) bond motifs is 1. The zero-order chi connectivity index (χ0) is 14.1. The quantitative estimate of drug-likeness (QED) is 0.842. The number of aromatic amines is 1. The standard InChI is InChI=1S/C15H14N2O3/c1-19-9-3-4-12-10(7-9)11(15(18)17-12)8-13-14(20-2)5-6-16-13/h3-8,16H,1-2H3,(H,17,18). The van der Waals surface area contributed by atoms with Crippen molar-refractivity contribution < 1.29 is 14.3 Å². The maximum atomic E-state index is 12.1. The van der Waals surface area contributed by atoms with Crippen molar-refractivity contribution in [2.24, 2.45) is 0 Å². The predicted octanol–water partition coefficient (Wildman–Crippen LogP) is 2.52. The third kappa shape index (κ3) is 1.93. The number of rotatable bonds is 3. The van der Waals surface area contributed by atoms with Gasteiger partial charge >= 0.3 is 0 Å². The van der Waals surface area contributed by atoms with Gasteiger partial charge in [-0.1, -0.05) is 0 Å². The molecule has 1 aromatic heterocycles. The number of aromatic nitrogens is 1. The van der Waals surface area contributed by atoms with E-state index in [0.717, 1.165) is 16.9 Å². The lowest BCUT2D eigenvalue weighted by molar-refractivity contribution is -0.110. The largest absolute Gasteiger partial charge is 0.497 e. The fourth-order valence-electron chi connectivity index (χ4n) is 2.24. The summed E-state index contributed by atoms with van der Waals surface area (Å²) in [6, 6.07) is 7.30. The Morgan fingerprint density at radius 3 is 2.75 bits per heavy atom. The van der Waals surface area contributed by atoms with Gasteiger partial charge in [-0.25, -0.2) is 0 Å². The van der Waals surface area contributed by atoms with E-state index >= 15 is 0 Å². The number of benzene rings is 1. The number of amides is 1. The van der Waals surface area contributed by atoms with Crippen LogP contribution in [0.1, 0.15) is 11.3 Å². The summed E-state index contributed by atoms with van der Waals surface area (Å²) in [4.78, 5) is 15.1. The first-order valence-electron chi connectivity index (χ1n) is 6.15. The summed E-state index contributed by atoms with van der Waals surface area (Å²) in [6.07, 6.45) is 3.55. The van der Waals surface area contributed by atoms with Crippen LogP contribution in [0.15, 0.2) is 30.5 Å². The van der Waals surface area contributed by atoms with Crippen LogP contribution >= 0.6 is 0 Å². The molecule has 0 radical (unpaired) electrons. The highest BCUT2D eigenvalue weighted by molar-refractivity contribution is 6.35. The van der Waals surface area contributed by atoms with E-state index in [4.69, 9.17) is 9.47 Å². The van der Waals surface area contributed by atoms with Gasteiger partial charge in [0, 0.05) is 17.4 Å².